The van der Waals surface area contributed by atoms with Crippen molar-refractivity contribution < 1.29 is 22.4 Å². The summed E-state index contributed by atoms with van der Waals surface area (Å²) < 4.78 is 42.7. The Bertz CT molecular complexity index is 644. The number of halogens is 3. The van der Waals surface area contributed by atoms with Gasteiger partial charge in [0.2, 0.25) is 5.89 Å². The van der Waals surface area contributed by atoms with Gasteiger partial charge in [-0.15, -0.1) is 0 Å². The maximum atomic E-state index is 12.5. The first-order valence-electron chi connectivity index (χ1n) is 6.79. The van der Waals surface area contributed by atoms with Crippen LogP contribution < -0.4 is 0 Å². The Morgan fingerprint density at radius 2 is 1.77 bits per heavy atom. The van der Waals surface area contributed by atoms with Crippen LogP contribution in [0.15, 0.2) is 34.9 Å². The van der Waals surface area contributed by atoms with Crippen LogP contribution in [0.3, 0.4) is 0 Å². The zero-order valence-corrected chi connectivity index (χ0v) is 12.1. The molecule has 0 unspecified atom stereocenters. The Balaban J connectivity index is 2.23. The summed E-state index contributed by atoms with van der Waals surface area (Å²) in [5.41, 5.74) is -0.229. The minimum absolute atomic E-state index is 0.115. The minimum Gasteiger partial charge on any atom is -0.444 e. The van der Waals surface area contributed by atoms with E-state index >= 15 is 0 Å². The second-order valence-corrected chi connectivity index (χ2v) is 4.59. The topological polar surface area (TPSA) is 46.3 Å². The summed E-state index contributed by atoms with van der Waals surface area (Å²) >= 11 is 0. The van der Waals surface area contributed by atoms with Gasteiger partial charge in [-0.05, 0) is 38.1 Å². The number of rotatable bonds is 4. The van der Waals surface area contributed by atoms with E-state index in [0.717, 1.165) is 12.1 Å². The Morgan fingerprint density at radius 3 is 2.27 bits per heavy atom. The van der Waals surface area contributed by atoms with E-state index in [4.69, 9.17) is 4.42 Å². The number of oxazole rings is 1. The number of hydrogen-bond acceptors (Lipinski definition) is 3. The van der Waals surface area contributed by atoms with E-state index in [0.29, 0.717) is 18.7 Å². The molecule has 0 fully saturated rings. The minimum atomic E-state index is -4.39. The van der Waals surface area contributed by atoms with Crippen molar-refractivity contribution in [3.05, 3.63) is 41.8 Å². The fourth-order valence-electron chi connectivity index (χ4n) is 1.98. The van der Waals surface area contributed by atoms with E-state index in [1.54, 1.807) is 4.90 Å². The molecule has 0 saturated heterocycles. The van der Waals surface area contributed by atoms with Gasteiger partial charge in [0.15, 0.2) is 5.69 Å². The summed E-state index contributed by atoms with van der Waals surface area (Å²) in [4.78, 5) is 17.7. The third-order valence-electron chi connectivity index (χ3n) is 3.23. The molecule has 0 bridgehead atoms. The predicted molar refractivity (Wildman–Crippen MR) is 74.2 cm³/mol. The highest BCUT2D eigenvalue weighted by molar-refractivity contribution is 5.92. The van der Waals surface area contributed by atoms with Gasteiger partial charge >= 0.3 is 6.18 Å². The van der Waals surface area contributed by atoms with Gasteiger partial charge in [0.1, 0.15) is 6.26 Å². The first-order chi connectivity index (χ1) is 10.4. The van der Waals surface area contributed by atoms with Crippen molar-refractivity contribution in [2.24, 2.45) is 0 Å². The van der Waals surface area contributed by atoms with Crippen LogP contribution in [0.25, 0.3) is 11.5 Å². The number of benzene rings is 1. The van der Waals surface area contributed by atoms with Crippen molar-refractivity contribution in [1.82, 2.24) is 9.88 Å². The summed E-state index contributed by atoms with van der Waals surface area (Å²) in [7, 11) is 0. The predicted octanol–water partition coefficient (Wildman–Crippen LogP) is 3.84. The normalized spacial score (nSPS) is 11.5. The Morgan fingerprint density at radius 1 is 1.18 bits per heavy atom. The van der Waals surface area contributed by atoms with Crippen LogP contribution in [0.1, 0.15) is 29.9 Å². The van der Waals surface area contributed by atoms with E-state index < -0.39 is 11.7 Å². The molecule has 0 spiro atoms. The average Bonchev–Trinajstić information content (AvgIpc) is 2.97. The van der Waals surface area contributed by atoms with Crippen LogP contribution in [0.4, 0.5) is 13.2 Å². The van der Waals surface area contributed by atoms with E-state index in [1.165, 1.54) is 18.4 Å². The van der Waals surface area contributed by atoms with Gasteiger partial charge in [0.25, 0.3) is 5.91 Å². The summed E-state index contributed by atoms with van der Waals surface area (Å²) in [6, 6.07) is 4.43. The van der Waals surface area contributed by atoms with Crippen LogP contribution in [-0.4, -0.2) is 28.9 Å². The van der Waals surface area contributed by atoms with Crippen LogP contribution in [-0.2, 0) is 6.18 Å². The largest absolute Gasteiger partial charge is 0.444 e. The molecule has 0 atom stereocenters. The molecule has 2 rings (SSSR count). The lowest BCUT2D eigenvalue weighted by Gasteiger charge is -2.16. The third kappa shape index (κ3) is 3.29. The number of nitrogens with zero attached hydrogens (tertiary/aromatic N) is 2. The molecule has 1 amide bonds. The van der Waals surface area contributed by atoms with Crippen molar-refractivity contribution in [3.8, 4) is 11.5 Å². The SMILES string of the molecule is CCN(CC)C(=O)c1coc(-c2ccc(C(F)(F)F)cc2)n1. The zero-order chi connectivity index (χ0) is 16.3. The number of carbonyl (C=O) groups excluding carboxylic acids is 1. The van der Waals surface area contributed by atoms with Crippen LogP contribution in [0.5, 0.6) is 0 Å². The monoisotopic (exact) mass is 312 g/mol. The van der Waals surface area contributed by atoms with Gasteiger partial charge in [-0.3, -0.25) is 4.79 Å². The molecule has 4 nitrogen and oxygen atoms in total. The number of aromatic nitrogens is 1. The maximum absolute atomic E-state index is 12.5. The summed E-state index contributed by atoms with van der Waals surface area (Å²) in [5, 5.41) is 0. The lowest BCUT2D eigenvalue weighted by molar-refractivity contribution is -0.137. The molecule has 1 aromatic heterocycles. The van der Waals surface area contributed by atoms with Gasteiger partial charge in [-0.1, -0.05) is 0 Å². The first kappa shape index (κ1) is 16.1. The molecule has 0 aliphatic carbocycles. The van der Waals surface area contributed by atoms with Gasteiger partial charge in [0.05, 0.1) is 5.56 Å². The van der Waals surface area contributed by atoms with Gasteiger partial charge in [-0.2, -0.15) is 13.2 Å². The molecule has 22 heavy (non-hydrogen) atoms. The first-order valence-corrected chi connectivity index (χ1v) is 6.79. The fraction of sp³-hybridized carbons (Fsp3) is 0.333. The summed E-state index contributed by atoms with van der Waals surface area (Å²) in [5.74, 6) is -0.156. The second-order valence-electron chi connectivity index (χ2n) is 4.59. The summed E-state index contributed by atoms with van der Waals surface area (Å²) in [6.07, 6.45) is -3.17. The highest BCUT2D eigenvalue weighted by Crippen LogP contribution is 2.30. The molecular formula is C15H15F3N2O2. The van der Waals surface area contributed by atoms with Crippen molar-refractivity contribution >= 4 is 5.91 Å². The maximum Gasteiger partial charge on any atom is 0.416 e. The van der Waals surface area contributed by atoms with Crippen molar-refractivity contribution in [2.45, 2.75) is 20.0 Å². The Hall–Kier alpha value is -2.31. The van der Waals surface area contributed by atoms with Crippen LogP contribution in [0, 0.1) is 0 Å². The molecular weight excluding hydrogens is 297 g/mol. The molecule has 2 aromatic rings. The summed E-state index contributed by atoms with van der Waals surface area (Å²) in [6.45, 7) is 4.77. The number of carbonyl (C=O) groups is 1. The number of amides is 1. The Kier molecular flexibility index (Phi) is 4.54. The van der Waals surface area contributed by atoms with Crippen molar-refractivity contribution in [1.29, 1.82) is 0 Å². The van der Waals surface area contributed by atoms with E-state index in [2.05, 4.69) is 4.98 Å². The molecule has 1 heterocycles. The highest BCUT2D eigenvalue weighted by Gasteiger charge is 2.30. The standard InChI is InChI=1S/C15H15F3N2O2/c1-3-20(4-2)14(21)12-9-22-13(19-12)10-5-7-11(8-6-10)15(16,17)18/h5-9H,3-4H2,1-2H3. The highest BCUT2D eigenvalue weighted by atomic mass is 19.4. The lowest BCUT2D eigenvalue weighted by Crippen LogP contribution is -2.30. The number of alkyl halides is 3. The lowest BCUT2D eigenvalue weighted by atomic mass is 10.1. The van der Waals surface area contributed by atoms with Crippen molar-refractivity contribution in [3.63, 3.8) is 0 Å². The zero-order valence-electron chi connectivity index (χ0n) is 12.1. The average molecular weight is 312 g/mol. The van der Waals surface area contributed by atoms with E-state index in [1.807, 2.05) is 13.8 Å². The van der Waals surface area contributed by atoms with E-state index in [-0.39, 0.29) is 17.5 Å². The molecule has 1 aromatic carbocycles. The molecule has 7 heteroatoms. The smallest absolute Gasteiger partial charge is 0.416 e. The molecule has 0 aliphatic rings. The van der Waals surface area contributed by atoms with Crippen molar-refractivity contribution in [2.75, 3.05) is 13.1 Å². The molecule has 0 N–H and O–H groups in total. The third-order valence-corrected chi connectivity index (χ3v) is 3.23. The Labute approximate surface area is 125 Å². The molecule has 118 valence electrons. The van der Waals surface area contributed by atoms with Gasteiger partial charge in [0, 0.05) is 18.7 Å². The van der Waals surface area contributed by atoms with Gasteiger partial charge < -0.3 is 9.32 Å². The van der Waals surface area contributed by atoms with E-state index in [9.17, 15) is 18.0 Å². The van der Waals surface area contributed by atoms with Crippen LogP contribution in [0.2, 0.25) is 0 Å². The fourth-order valence-corrected chi connectivity index (χ4v) is 1.98. The number of hydrogen-bond donors (Lipinski definition) is 0. The quantitative estimate of drug-likeness (QED) is 0.861. The molecule has 0 saturated carbocycles. The van der Waals surface area contributed by atoms with Gasteiger partial charge in [-0.25, -0.2) is 4.98 Å². The molecule has 0 aliphatic heterocycles. The van der Waals surface area contributed by atoms with Crippen LogP contribution >= 0.6 is 0 Å². The molecule has 0 radical (unpaired) electrons. The second kappa shape index (κ2) is 6.21.